The molecule has 0 N–H and O–H groups in total. The van der Waals surface area contributed by atoms with Gasteiger partial charge in [-0.1, -0.05) is 194 Å². The molecule has 1 aliphatic heterocycles. The molecular formula is C61H41NO. The lowest BCUT2D eigenvalue weighted by Crippen LogP contribution is -2.32. The van der Waals surface area contributed by atoms with Crippen molar-refractivity contribution in [3.63, 3.8) is 0 Å². The number of fused-ring (bicyclic) bond motifs is 9. The van der Waals surface area contributed by atoms with E-state index in [9.17, 15) is 0 Å². The Bertz CT molecular complexity index is 3250. The summed E-state index contributed by atoms with van der Waals surface area (Å²) in [6.07, 6.45) is 0. The second kappa shape index (κ2) is 15.1. The van der Waals surface area contributed by atoms with Crippen molar-refractivity contribution < 1.29 is 4.74 Å². The van der Waals surface area contributed by atoms with E-state index in [1.807, 2.05) is 0 Å². The average molecular weight is 804 g/mol. The quantitative estimate of drug-likeness (QED) is 0.159. The maximum absolute atomic E-state index is 6.61. The van der Waals surface area contributed by atoms with Gasteiger partial charge in [0.15, 0.2) is 0 Å². The molecule has 0 saturated carbocycles. The molecule has 0 radical (unpaired) electrons. The maximum Gasteiger partial charge on any atom is 0.132 e. The van der Waals surface area contributed by atoms with Gasteiger partial charge in [0, 0.05) is 28.1 Å². The predicted octanol–water partition coefficient (Wildman–Crippen LogP) is 16.3. The lowest BCUT2D eigenvalue weighted by Gasteiger charge is -2.39. The molecule has 2 nitrogen and oxygen atoms in total. The molecule has 0 unspecified atom stereocenters. The van der Waals surface area contributed by atoms with Gasteiger partial charge in [-0.25, -0.2) is 0 Å². The number of ether oxygens (including phenoxy) is 1. The molecule has 2 heteroatoms. The fourth-order valence-corrected chi connectivity index (χ4v) is 10.1. The van der Waals surface area contributed by atoms with Gasteiger partial charge in [0.1, 0.15) is 11.5 Å². The number of para-hydroxylation sites is 2. The van der Waals surface area contributed by atoms with Gasteiger partial charge in [-0.05, 0) is 116 Å². The van der Waals surface area contributed by atoms with Crippen LogP contribution in [0.2, 0.25) is 0 Å². The van der Waals surface area contributed by atoms with Crippen molar-refractivity contribution in [3.8, 4) is 67.1 Å². The fourth-order valence-electron chi connectivity index (χ4n) is 10.1. The molecule has 10 aromatic rings. The van der Waals surface area contributed by atoms with Crippen molar-refractivity contribution >= 4 is 17.1 Å². The number of hydrogen-bond acceptors (Lipinski definition) is 2. The summed E-state index contributed by atoms with van der Waals surface area (Å²) in [7, 11) is 0. The van der Waals surface area contributed by atoms with Crippen LogP contribution in [-0.2, 0) is 5.41 Å². The van der Waals surface area contributed by atoms with Crippen LogP contribution in [0.1, 0.15) is 22.3 Å². The molecule has 0 amide bonds. The first-order valence-corrected chi connectivity index (χ1v) is 21.7. The van der Waals surface area contributed by atoms with Gasteiger partial charge >= 0.3 is 0 Å². The predicted molar refractivity (Wildman–Crippen MR) is 260 cm³/mol. The van der Waals surface area contributed by atoms with E-state index in [0.29, 0.717) is 0 Å². The third-order valence-corrected chi connectivity index (χ3v) is 12.9. The summed E-state index contributed by atoms with van der Waals surface area (Å²) in [6, 6.07) is 90.1. The molecule has 0 bridgehead atoms. The zero-order chi connectivity index (χ0) is 41.7. The van der Waals surface area contributed by atoms with Crippen LogP contribution in [0.25, 0.3) is 55.6 Å². The number of rotatable bonds is 7. The smallest absolute Gasteiger partial charge is 0.132 e. The van der Waals surface area contributed by atoms with E-state index in [4.69, 9.17) is 4.74 Å². The van der Waals surface area contributed by atoms with E-state index in [-0.39, 0.29) is 0 Å². The highest BCUT2D eigenvalue weighted by Crippen LogP contribution is 2.62. The normalized spacial score (nSPS) is 12.7. The van der Waals surface area contributed by atoms with E-state index in [1.54, 1.807) is 0 Å². The first-order chi connectivity index (χ1) is 31.2. The standard InChI is InChI=1S/C61H41NO/c1-4-17-42(18-5-1)46-23-16-24-50(39-46)62(58-38-34-47(43-19-6-2-7-20-43)40-53(58)45-21-8-3-9-22-45)49-35-31-44(32-36-49)48-33-37-52-51-25-10-11-26-54(51)61(57(52)41-48)55-27-12-14-29-59(55)63-60-30-15-13-28-56(60)61/h1-41H. The molecule has 0 aromatic heterocycles. The number of benzene rings is 10. The maximum atomic E-state index is 6.61. The fraction of sp³-hybridized carbons (Fsp3) is 0.0164. The van der Waals surface area contributed by atoms with E-state index in [2.05, 4.69) is 254 Å². The van der Waals surface area contributed by atoms with Crippen molar-refractivity contribution in [2.24, 2.45) is 0 Å². The van der Waals surface area contributed by atoms with Crippen molar-refractivity contribution in [1.29, 1.82) is 0 Å². The molecule has 10 aromatic carbocycles. The zero-order valence-electron chi connectivity index (χ0n) is 34.5. The molecule has 2 aliphatic rings. The molecule has 0 atom stereocenters. The Kier molecular flexibility index (Phi) is 8.76. The molecule has 1 spiro atoms. The molecule has 1 aliphatic carbocycles. The van der Waals surface area contributed by atoms with Crippen LogP contribution in [0.5, 0.6) is 11.5 Å². The Morgan fingerprint density at radius 2 is 0.746 bits per heavy atom. The summed E-state index contributed by atoms with van der Waals surface area (Å²) >= 11 is 0. The third kappa shape index (κ3) is 6.02. The molecule has 63 heavy (non-hydrogen) atoms. The van der Waals surface area contributed by atoms with Gasteiger partial charge < -0.3 is 9.64 Å². The highest BCUT2D eigenvalue weighted by molar-refractivity contribution is 5.93. The minimum Gasteiger partial charge on any atom is -0.457 e. The Morgan fingerprint density at radius 3 is 1.41 bits per heavy atom. The summed E-state index contributed by atoms with van der Waals surface area (Å²) in [5.41, 5.74) is 19.5. The van der Waals surface area contributed by atoms with Gasteiger partial charge in [-0.15, -0.1) is 0 Å². The third-order valence-electron chi connectivity index (χ3n) is 12.9. The highest BCUT2D eigenvalue weighted by Gasteiger charge is 2.51. The van der Waals surface area contributed by atoms with Crippen molar-refractivity contribution in [1.82, 2.24) is 0 Å². The zero-order valence-corrected chi connectivity index (χ0v) is 34.5. The molecular weight excluding hydrogens is 763 g/mol. The topological polar surface area (TPSA) is 12.5 Å². The largest absolute Gasteiger partial charge is 0.457 e. The Labute approximate surface area is 368 Å². The van der Waals surface area contributed by atoms with Gasteiger partial charge in [0.05, 0.1) is 11.1 Å². The Hall–Kier alpha value is -8.20. The molecule has 1 heterocycles. The van der Waals surface area contributed by atoms with Crippen molar-refractivity contribution in [2.45, 2.75) is 5.41 Å². The lowest BCUT2D eigenvalue weighted by molar-refractivity contribution is 0.436. The highest BCUT2D eigenvalue weighted by atomic mass is 16.5. The summed E-state index contributed by atoms with van der Waals surface area (Å²) in [5, 5.41) is 0. The summed E-state index contributed by atoms with van der Waals surface area (Å²) in [4.78, 5) is 2.41. The second-order valence-electron chi connectivity index (χ2n) is 16.4. The second-order valence-corrected chi connectivity index (χ2v) is 16.4. The SMILES string of the molecule is c1ccc(-c2cccc(N(c3ccc(-c4ccc5c(c4)C4(c6ccccc6Oc6ccccc64)c4ccccc4-5)cc3)c3ccc(-c4ccccc4)cc3-c3ccccc3)c2)cc1. The summed E-state index contributed by atoms with van der Waals surface area (Å²) < 4.78 is 6.61. The van der Waals surface area contributed by atoms with Gasteiger partial charge in [-0.3, -0.25) is 0 Å². The van der Waals surface area contributed by atoms with Crippen molar-refractivity contribution in [3.05, 3.63) is 271 Å². The van der Waals surface area contributed by atoms with Crippen LogP contribution in [-0.4, -0.2) is 0 Å². The minimum absolute atomic E-state index is 0.520. The number of nitrogens with zero attached hydrogens (tertiary/aromatic N) is 1. The van der Waals surface area contributed by atoms with Gasteiger partial charge in [0.25, 0.3) is 0 Å². The van der Waals surface area contributed by atoms with Crippen molar-refractivity contribution in [2.75, 3.05) is 4.90 Å². The first-order valence-electron chi connectivity index (χ1n) is 21.7. The van der Waals surface area contributed by atoms with E-state index in [1.165, 1.54) is 61.2 Å². The lowest BCUT2D eigenvalue weighted by atomic mass is 9.66. The van der Waals surface area contributed by atoms with Gasteiger partial charge in [0.2, 0.25) is 0 Å². The summed E-state index contributed by atoms with van der Waals surface area (Å²) in [6.45, 7) is 0. The Balaban J connectivity index is 1.02. The Morgan fingerprint density at radius 1 is 0.270 bits per heavy atom. The van der Waals surface area contributed by atoms with Crippen LogP contribution in [0.4, 0.5) is 17.1 Å². The average Bonchev–Trinajstić information content (AvgIpc) is 3.65. The molecule has 0 saturated heterocycles. The van der Waals surface area contributed by atoms with Crippen LogP contribution in [0.15, 0.2) is 249 Å². The molecule has 0 fully saturated rings. The van der Waals surface area contributed by atoms with E-state index in [0.717, 1.165) is 45.3 Å². The molecule has 12 rings (SSSR count). The summed E-state index contributed by atoms with van der Waals surface area (Å²) in [5.74, 6) is 1.80. The molecule has 296 valence electrons. The minimum atomic E-state index is -0.520. The van der Waals surface area contributed by atoms with E-state index >= 15 is 0 Å². The number of anilines is 3. The number of hydrogen-bond donors (Lipinski definition) is 0. The van der Waals surface area contributed by atoms with Crippen LogP contribution in [0, 0.1) is 0 Å². The van der Waals surface area contributed by atoms with Crippen LogP contribution in [0.3, 0.4) is 0 Å². The van der Waals surface area contributed by atoms with E-state index < -0.39 is 5.41 Å². The first kappa shape index (κ1) is 36.6. The van der Waals surface area contributed by atoms with Crippen LogP contribution < -0.4 is 9.64 Å². The van der Waals surface area contributed by atoms with Crippen LogP contribution >= 0.6 is 0 Å². The monoisotopic (exact) mass is 803 g/mol. The van der Waals surface area contributed by atoms with Gasteiger partial charge in [-0.2, -0.15) is 0 Å².